The van der Waals surface area contributed by atoms with Crippen LogP contribution in [0.1, 0.15) is 23.5 Å². The van der Waals surface area contributed by atoms with Gasteiger partial charge in [-0.15, -0.1) is 0 Å². The minimum absolute atomic E-state index is 0.0141. The van der Waals surface area contributed by atoms with Crippen molar-refractivity contribution in [2.24, 2.45) is 0 Å². The number of benzene rings is 2. The van der Waals surface area contributed by atoms with E-state index in [9.17, 15) is 13.6 Å². The fourth-order valence-electron chi connectivity index (χ4n) is 3.05. The minimum Gasteiger partial charge on any atom is -0.435 e. The van der Waals surface area contributed by atoms with Crippen LogP contribution in [0.15, 0.2) is 60.3 Å². The third-order valence-corrected chi connectivity index (χ3v) is 4.12. The van der Waals surface area contributed by atoms with Crippen LogP contribution >= 0.6 is 0 Å². The second kappa shape index (κ2) is 6.83. The number of rotatable bonds is 5. The lowest BCUT2D eigenvalue weighted by molar-refractivity contribution is -0.114. The number of ether oxygens (including phenoxy) is 1. The topological polar surface area (TPSA) is 38.3 Å². The predicted molar refractivity (Wildman–Crippen MR) is 87.9 cm³/mol. The van der Waals surface area contributed by atoms with Gasteiger partial charge in [0.25, 0.3) is 0 Å². The molecule has 1 aliphatic rings. The highest BCUT2D eigenvalue weighted by molar-refractivity contribution is 6.26. The van der Waals surface area contributed by atoms with Gasteiger partial charge in [-0.25, -0.2) is 0 Å². The van der Waals surface area contributed by atoms with Crippen molar-refractivity contribution in [3.05, 3.63) is 71.4 Å². The van der Waals surface area contributed by atoms with Crippen molar-refractivity contribution in [3.63, 3.8) is 0 Å². The maximum atomic E-state index is 12.9. The molecule has 24 heavy (non-hydrogen) atoms. The van der Waals surface area contributed by atoms with Gasteiger partial charge in [-0.05, 0) is 23.3 Å². The Morgan fingerprint density at radius 3 is 2.54 bits per heavy atom. The first-order valence-corrected chi connectivity index (χ1v) is 7.65. The molecular formula is C19H17F2NO2. The van der Waals surface area contributed by atoms with Crippen molar-refractivity contribution in [1.82, 2.24) is 5.32 Å². The van der Waals surface area contributed by atoms with E-state index in [0.717, 1.165) is 11.3 Å². The van der Waals surface area contributed by atoms with Crippen LogP contribution in [0.2, 0.25) is 0 Å². The Kier molecular flexibility index (Phi) is 4.60. The third kappa shape index (κ3) is 3.15. The predicted octanol–water partition coefficient (Wildman–Crippen LogP) is 3.98. The number of ketones is 1. The third-order valence-electron chi connectivity index (χ3n) is 4.12. The Bertz CT molecular complexity index is 772. The first-order chi connectivity index (χ1) is 11.6. The van der Waals surface area contributed by atoms with Crippen molar-refractivity contribution >= 4 is 11.4 Å². The van der Waals surface area contributed by atoms with E-state index in [1.54, 1.807) is 19.2 Å². The van der Waals surface area contributed by atoms with Crippen LogP contribution in [0.4, 0.5) is 8.78 Å². The average molecular weight is 329 g/mol. The number of carbonyl (C=O) groups is 1. The summed E-state index contributed by atoms with van der Waals surface area (Å²) in [4.78, 5) is 12.9. The molecule has 0 fully saturated rings. The van der Waals surface area contributed by atoms with Gasteiger partial charge < -0.3 is 10.1 Å². The van der Waals surface area contributed by atoms with Crippen LogP contribution in [-0.4, -0.2) is 19.4 Å². The second-order valence-electron chi connectivity index (χ2n) is 5.54. The van der Waals surface area contributed by atoms with E-state index in [1.165, 1.54) is 12.1 Å². The number of alkyl halides is 2. The second-order valence-corrected chi connectivity index (χ2v) is 5.54. The molecule has 5 heteroatoms. The van der Waals surface area contributed by atoms with E-state index in [1.807, 2.05) is 30.3 Å². The van der Waals surface area contributed by atoms with Crippen molar-refractivity contribution in [1.29, 1.82) is 0 Å². The Morgan fingerprint density at radius 1 is 1.12 bits per heavy atom. The van der Waals surface area contributed by atoms with Crippen LogP contribution in [0.25, 0.3) is 5.57 Å². The summed E-state index contributed by atoms with van der Waals surface area (Å²) < 4.78 is 29.3. The summed E-state index contributed by atoms with van der Waals surface area (Å²) in [6.45, 7) is -2.89. The summed E-state index contributed by atoms with van der Waals surface area (Å²) in [5, 5.41) is 3.07. The molecule has 0 amide bonds. The molecule has 1 aliphatic carbocycles. The van der Waals surface area contributed by atoms with Crippen molar-refractivity contribution in [2.45, 2.75) is 19.0 Å². The van der Waals surface area contributed by atoms with Crippen molar-refractivity contribution in [3.8, 4) is 5.75 Å². The first-order valence-electron chi connectivity index (χ1n) is 7.65. The fourth-order valence-corrected chi connectivity index (χ4v) is 3.05. The molecule has 2 aromatic carbocycles. The largest absolute Gasteiger partial charge is 0.435 e. The smallest absolute Gasteiger partial charge is 0.387 e. The number of halogens is 2. The first kappa shape index (κ1) is 16.2. The molecule has 1 N–H and O–H groups in total. The summed E-state index contributed by atoms with van der Waals surface area (Å²) in [7, 11) is 1.76. The highest BCUT2D eigenvalue weighted by Gasteiger charge is 2.34. The van der Waals surface area contributed by atoms with Gasteiger partial charge in [-0.2, -0.15) is 8.78 Å². The van der Waals surface area contributed by atoms with E-state index in [2.05, 4.69) is 10.1 Å². The van der Waals surface area contributed by atoms with Gasteiger partial charge in [0.1, 0.15) is 5.75 Å². The molecule has 1 unspecified atom stereocenters. The van der Waals surface area contributed by atoms with Crippen LogP contribution in [0, 0.1) is 0 Å². The highest BCUT2D eigenvalue weighted by atomic mass is 19.3. The minimum atomic E-state index is -2.89. The van der Waals surface area contributed by atoms with E-state index in [-0.39, 0.29) is 17.5 Å². The fraction of sp³-hybridized carbons (Fsp3) is 0.211. The molecule has 3 rings (SSSR count). The Balaban J connectivity index is 1.95. The lowest BCUT2D eigenvalue weighted by atomic mass is 9.93. The molecule has 0 heterocycles. The maximum Gasteiger partial charge on any atom is 0.387 e. The number of Topliss-reactive ketones (excluding diaryl/α,β-unsaturated/α-hetero) is 1. The molecule has 0 saturated carbocycles. The molecule has 0 aromatic heterocycles. The molecule has 0 spiro atoms. The van der Waals surface area contributed by atoms with Gasteiger partial charge in [0, 0.05) is 24.7 Å². The molecule has 0 radical (unpaired) electrons. The molecular weight excluding hydrogens is 312 g/mol. The summed E-state index contributed by atoms with van der Waals surface area (Å²) in [5.74, 6) is -0.232. The molecule has 0 aliphatic heterocycles. The zero-order chi connectivity index (χ0) is 17.1. The van der Waals surface area contributed by atoms with Crippen LogP contribution in [0.3, 0.4) is 0 Å². The van der Waals surface area contributed by atoms with Gasteiger partial charge in [0.15, 0.2) is 5.78 Å². The SMILES string of the molecule is CNC1=C(c2cccc(OC(F)F)c2)C(=O)C(c2ccccc2)C1. The average Bonchev–Trinajstić information content (AvgIpc) is 2.92. The van der Waals surface area contributed by atoms with Crippen molar-refractivity contribution < 1.29 is 18.3 Å². The number of hydrogen-bond donors (Lipinski definition) is 1. The molecule has 1 atom stereocenters. The van der Waals surface area contributed by atoms with E-state index in [0.29, 0.717) is 17.6 Å². The van der Waals surface area contributed by atoms with Crippen LogP contribution in [0.5, 0.6) is 5.75 Å². The van der Waals surface area contributed by atoms with E-state index < -0.39 is 6.61 Å². The molecule has 124 valence electrons. The van der Waals surface area contributed by atoms with E-state index >= 15 is 0 Å². The number of nitrogens with one attached hydrogen (secondary N) is 1. The van der Waals surface area contributed by atoms with E-state index in [4.69, 9.17) is 0 Å². The zero-order valence-electron chi connectivity index (χ0n) is 13.1. The summed E-state index contributed by atoms with van der Waals surface area (Å²) in [6.07, 6.45) is 0.564. The monoisotopic (exact) mass is 329 g/mol. The van der Waals surface area contributed by atoms with Crippen LogP contribution in [-0.2, 0) is 4.79 Å². The number of allylic oxidation sites excluding steroid dienone is 2. The highest BCUT2D eigenvalue weighted by Crippen LogP contribution is 2.39. The summed E-state index contributed by atoms with van der Waals surface area (Å²) in [5.41, 5.74) is 2.88. The standard InChI is InChI=1S/C19H17F2NO2/c1-22-16-11-15(12-6-3-2-4-7-12)18(23)17(16)13-8-5-9-14(10-13)24-19(20)21/h2-10,15,19,22H,11H2,1H3. The molecule has 3 nitrogen and oxygen atoms in total. The van der Waals surface area contributed by atoms with Gasteiger partial charge >= 0.3 is 6.61 Å². The lowest BCUT2D eigenvalue weighted by Gasteiger charge is -2.10. The number of carbonyl (C=O) groups excluding carboxylic acids is 1. The van der Waals surface area contributed by atoms with Crippen molar-refractivity contribution in [2.75, 3.05) is 7.05 Å². The van der Waals surface area contributed by atoms with Gasteiger partial charge in [0.05, 0.1) is 5.92 Å². The molecule has 0 saturated heterocycles. The Labute approximate surface area is 139 Å². The quantitative estimate of drug-likeness (QED) is 0.902. The Morgan fingerprint density at radius 2 is 1.88 bits per heavy atom. The van der Waals surface area contributed by atoms with Gasteiger partial charge in [0.2, 0.25) is 0 Å². The van der Waals surface area contributed by atoms with Gasteiger partial charge in [-0.1, -0.05) is 42.5 Å². The normalized spacial score (nSPS) is 17.5. The lowest BCUT2D eigenvalue weighted by Crippen LogP contribution is -2.08. The van der Waals surface area contributed by atoms with Crippen LogP contribution < -0.4 is 10.1 Å². The summed E-state index contributed by atoms with van der Waals surface area (Å²) in [6, 6.07) is 15.8. The molecule has 2 aromatic rings. The number of hydrogen-bond acceptors (Lipinski definition) is 3. The molecule has 0 bridgehead atoms. The zero-order valence-corrected chi connectivity index (χ0v) is 13.1. The van der Waals surface area contributed by atoms with Gasteiger partial charge in [-0.3, -0.25) is 4.79 Å². The maximum absolute atomic E-state index is 12.9. The Hall–Kier alpha value is -2.69. The summed E-state index contributed by atoms with van der Waals surface area (Å²) >= 11 is 0.